The Morgan fingerprint density at radius 2 is 2.00 bits per heavy atom. The largest absolute Gasteiger partial charge is 0.473 e. The Balaban J connectivity index is 1.71. The Hall–Kier alpha value is -2.13. The number of nitrogens with zero attached hydrogens (tertiary/aromatic N) is 3. The van der Waals surface area contributed by atoms with Crippen LogP contribution in [0.2, 0.25) is 0 Å². The van der Waals surface area contributed by atoms with Gasteiger partial charge in [-0.05, 0) is 44.9 Å². The van der Waals surface area contributed by atoms with Gasteiger partial charge >= 0.3 is 0 Å². The van der Waals surface area contributed by atoms with Gasteiger partial charge in [-0.15, -0.1) is 0 Å². The summed E-state index contributed by atoms with van der Waals surface area (Å²) in [5.74, 6) is -1.02. The van der Waals surface area contributed by atoms with Crippen LogP contribution in [0.4, 0.5) is 8.78 Å². The summed E-state index contributed by atoms with van der Waals surface area (Å²) in [4.78, 5) is 8.39. The summed E-state index contributed by atoms with van der Waals surface area (Å²) in [6, 6.07) is 4.50. The van der Waals surface area contributed by atoms with Gasteiger partial charge in [0.1, 0.15) is 23.6 Å². The highest BCUT2D eigenvalue weighted by molar-refractivity contribution is 7.88. The SMILES string of the molecule is Cc1cc(OC2CCCN(S(=O)(=O)Cc3cc(F)ccc3F)C2)nc(C)n1. The molecule has 0 amide bonds. The van der Waals surface area contributed by atoms with E-state index < -0.39 is 27.4 Å². The number of benzene rings is 1. The molecule has 1 atom stereocenters. The lowest BCUT2D eigenvalue weighted by molar-refractivity contribution is 0.124. The third kappa shape index (κ3) is 4.98. The van der Waals surface area contributed by atoms with Crippen LogP contribution in [0.3, 0.4) is 0 Å². The first-order valence-corrected chi connectivity index (χ1v) is 10.2. The van der Waals surface area contributed by atoms with E-state index in [0.717, 1.165) is 23.9 Å². The van der Waals surface area contributed by atoms with Crippen molar-refractivity contribution in [2.75, 3.05) is 13.1 Å². The second-order valence-electron chi connectivity index (χ2n) is 6.63. The minimum atomic E-state index is -3.80. The van der Waals surface area contributed by atoms with Crippen LogP contribution in [-0.2, 0) is 15.8 Å². The zero-order valence-corrected chi connectivity index (χ0v) is 16.0. The van der Waals surface area contributed by atoms with E-state index in [1.165, 1.54) is 4.31 Å². The molecule has 0 spiro atoms. The number of hydrogen-bond acceptors (Lipinski definition) is 5. The molecule has 1 aliphatic heterocycles. The zero-order chi connectivity index (χ0) is 19.6. The van der Waals surface area contributed by atoms with Crippen molar-refractivity contribution in [3.63, 3.8) is 0 Å². The Morgan fingerprint density at radius 3 is 2.74 bits per heavy atom. The topological polar surface area (TPSA) is 72.4 Å². The number of hydrogen-bond donors (Lipinski definition) is 0. The van der Waals surface area contributed by atoms with E-state index in [9.17, 15) is 17.2 Å². The zero-order valence-electron chi connectivity index (χ0n) is 15.2. The quantitative estimate of drug-likeness (QED) is 0.776. The summed E-state index contributed by atoms with van der Waals surface area (Å²) in [5, 5.41) is 0. The van der Waals surface area contributed by atoms with Crippen molar-refractivity contribution in [3.05, 3.63) is 53.0 Å². The van der Waals surface area contributed by atoms with Gasteiger partial charge in [-0.2, -0.15) is 9.29 Å². The van der Waals surface area contributed by atoms with Crippen LogP contribution in [0.1, 0.15) is 29.9 Å². The summed E-state index contributed by atoms with van der Waals surface area (Å²) >= 11 is 0. The molecule has 0 radical (unpaired) electrons. The molecule has 0 bridgehead atoms. The monoisotopic (exact) mass is 397 g/mol. The van der Waals surface area contributed by atoms with Gasteiger partial charge in [-0.25, -0.2) is 22.2 Å². The van der Waals surface area contributed by atoms with E-state index in [0.29, 0.717) is 31.1 Å². The van der Waals surface area contributed by atoms with Gasteiger partial charge in [0.25, 0.3) is 0 Å². The normalized spacial score (nSPS) is 18.4. The van der Waals surface area contributed by atoms with Crippen molar-refractivity contribution in [2.45, 2.75) is 38.5 Å². The standard InChI is InChI=1S/C18H21F2N3O3S/c1-12-8-18(22-13(2)21-12)26-16-4-3-7-23(10-16)27(24,25)11-14-9-15(19)5-6-17(14)20/h5-6,8-9,16H,3-4,7,10-11H2,1-2H3. The fourth-order valence-corrected chi connectivity index (χ4v) is 4.71. The minimum absolute atomic E-state index is 0.140. The van der Waals surface area contributed by atoms with Crippen molar-refractivity contribution < 1.29 is 21.9 Å². The number of aryl methyl sites for hydroxylation is 2. The van der Waals surface area contributed by atoms with Crippen LogP contribution >= 0.6 is 0 Å². The first kappa shape index (κ1) is 19.6. The molecule has 2 aromatic rings. The van der Waals surface area contributed by atoms with E-state index in [4.69, 9.17) is 4.74 Å². The molecule has 1 aliphatic rings. The fourth-order valence-electron chi connectivity index (χ4n) is 3.11. The Bertz CT molecular complexity index is 917. The molecular formula is C18H21F2N3O3S. The van der Waals surface area contributed by atoms with E-state index in [1.807, 2.05) is 6.92 Å². The molecule has 0 N–H and O–H groups in total. The lowest BCUT2D eigenvalue weighted by Gasteiger charge is -2.32. The molecule has 0 saturated carbocycles. The highest BCUT2D eigenvalue weighted by atomic mass is 32.2. The van der Waals surface area contributed by atoms with Gasteiger partial charge in [-0.3, -0.25) is 0 Å². The summed E-state index contributed by atoms with van der Waals surface area (Å²) in [5.41, 5.74) is 0.583. The van der Waals surface area contributed by atoms with Crippen molar-refractivity contribution in [2.24, 2.45) is 0 Å². The molecule has 0 aliphatic carbocycles. The van der Waals surface area contributed by atoms with E-state index in [-0.39, 0.29) is 18.2 Å². The molecule has 9 heteroatoms. The number of ether oxygens (including phenoxy) is 1. The summed E-state index contributed by atoms with van der Waals surface area (Å²) in [6.07, 6.45) is 0.931. The number of aromatic nitrogens is 2. The molecule has 3 rings (SSSR count). The van der Waals surface area contributed by atoms with Crippen molar-refractivity contribution >= 4 is 10.0 Å². The molecule has 6 nitrogen and oxygen atoms in total. The average molecular weight is 397 g/mol. The van der Waals surface area contributed by atoms with Gasteiger partial charge in [0.2, 0.25) is 15.9 Å². The van der Waals surface area contributed by atoms with E-state index >= 15 is 0 Å². The molecule has 1 unspecified atom stereocenters. The molecule has 2 heterocycles. The molecule has 1 aromatic carbocycles. The molecule has 1 saturated heterocycles. The summed E-state index contributed by atoms with van der Waals surface area (Å²) in [7, 11) is -3.80. The lowest BCUT2D eigenvalue weighted by atomic mass is 10.1. The van der Waals surface area contributed by atoms with Crippen LogP contribution in [0.5, 0.6) is 5.88 Å². The average Bonchev–Trinajstić information content (AvgIpc) is 2.57. The van der Waals surface area contributed by atoms with E-state index in [2.05, 4.69) is 9.97 Å². The van der Waals surface area contributed by atoms with Gasteiger partial charge in [0, 0.05) is 23.9 Å². The van der Waals surface area contributed by atoms with Gasteiger partial charge in [0.05, 0.1) is 12.3 Å². The maximum absolute atomic E-state index is 13.8. The Morgan fingerprint density at radius 1 is 1.22 bits per heavy atom. The van der Waals surface area contributed by atoms with Crippen LogP contribution in [0.25, 0.3) is 0 Å². The van der Waals surface area contributed by atoms with Gasteiger partial charge < -0.3 is 4.74 Å². The molecule has 27 heavy (non-hydrogen) atoms. The van der Waals surface area contributed by atoms with Gasteiger partial charge in [-0.1, -0.05) is 0 Å². The second kappa shape index (κ2) is 7.85. The second-order valence-corrected chi connectivity index (χ2v) is 8.60. The fraction of sp³-hybridized carbons (Fsp3) is 0.444. The maximum atomic E-state index is 13.8. The highest BCUT2D eigenvalue weighted by Gasteiger charge is 2.31. The van der Waals surface area contributed by atoms with Crippen LogP contribution in [0, 0.1) is 25.5 Å². The Labute approximate surface area is 157 Å². The minimum Gasteiger partial charge on any atom is -0.473 e. The Kier molecular flexibility index (Phi) is 5.71. The number of halogens is 2. The molecule has 1 fully saturated rings. The number of piperidine rings is 1. The molecule has 1 aromatic heterocycles. The first-order valence-electron chi connectivity index (χ1n) is 8.63. The molecular weight excluding hydrogens is 376 g/mol. The van der Waals surface area contributed by atoms with Crippen molar-refractivity contribution in [1.29, 1.82) is 0 Å². The predicted octanol–water partition coefficient (Wildman–Crippen LogP) is 2.74. The van der Waals surface area contributed by atoms with Gasteiger partial charge in [0.15, 0.2) is 0 Å². The lowest BCUT2D eigenvalue weighted by Crippen LogP contribution is -2.44. The van der Waals surface area contributed by atoms with Crippen molar-refractivity contribution in [1.82, 2.24) is 14.3 Å². The highest BCUT2D eigenvalue weighted by Crippen LogP contribution is 2.22. The smallest absolute Gasteiger partial charge is 0.218 e. The molecule has 146 valence electrons. The van der Waals surface area contributed by atoms with E-state index in [1.54, 1.807) is 13.0 Å². The third-order valence-corrected chi connectivity index (χ3v) is 6.10. The van der Waals surface area contributed by atoms with Crippen LogP contribution in [-0.4, -0.2) is 41.9 Å². The predicted molar refractivity (Wildman–Crippen MR) is 95.7 cm³/mol. The summed E-state index contributed by atoms with van der Waals surface area (Å²) in [6.45, 7) is 4.04. The third-order valence-electron chi connectivity index (χ3n) is 4.31. The number of rotatable bonds is 5. The summed E-state index contributed by atoms with van der Waals surface area (Å²) < 4.78 is 59.6. The first-order chi connectivity index (χ1) is 12.7. The van der Waals surface area contributed by atoms with Crippen LogP contribution in [0.15, 0.2) is 24.3 Å². The van der Waals surface area contributed by atoms with Crippen LogP contribution < -0.4 is 4.74 Å². The number of sulfonamides is 1. The van der Waals surface area contributed by atoms with Crippen molar-refractivity contribution in [3.8, 4) is 5.88 Å². The maximum Gasteiger partial charge on any atom is 0.218 e.